The molecule has 1 N–H and O–H groups in total. The van der Waals surface area contributed by atoms with Gasteiger partial charge in [0.15, 0.2) is 0 Å². The molecule has 160 valence electrons. The van der Waals surface area contributed by atoms with Gasteiger partial charge in [0.2, 0.25) is 5.91 Å². The summed E-state index contributed by atoms with van der Waals surface area (Å²) in [5, 5.41) is 6.94. The standard InChI is InChI=1S/C21H22F3N3OS2/c22-21(23,24)16-4-5-18(27-7-1-6-25-27)17(12-16)26-19(28)13-10-14-2-3-15(11-13)20(14)29-8-9-30-20/h1,4-7,12-15H,2-3,8-11H2,(H,26,28). The van der Waals surface area contributed by atoms with Crippen LogP contribution in [-0.2, 0) is 11.0 Å². The normalized spacial score (nSPS) is 27.5. The van der Waals surface area contributed by atoms with Crippen molar-refractivity contribution < 1.29 is 18.0 Å². The zero-order valence-electron chi connectivity index (χ0n) is 16.2. The minimum Gasteiger partial charge on any atom is -0.324 e. The van der Waals surface area contributed by atoms with Crippen LogP contribution in [0.4, 0.5) is 18.9 Å². The minimum absolute atomic E-state index is 0.149. The number of nitrogens with zero attached hydrogens (tertiary/aromatic N) is 2. The van der Waals surface area contributed by atoms with Crippen molar-refractivity contribution in [3.63, 3.8) is 0 Å². The Kier molecular flexibility index (Phi) is 5.08. The van der Waals surface area contributed by atoms with Crippen LogP contribution in [0.3, 0.4) is 0 Å². The number of rotatable bonds is 3. The summed E-state index contributed by atoms with van der Waals surface area (Å²) in [4.78, 5) is 13.1. The third kappa shape index (κ3) is 3.43. The van der Waals surface area contributed by atoms with Gasteiger partial charge < -0.3 is 5.32 Å². The highest BCUT2D eigenvalue weighted by molar-refractivity contribution is 8.21. The monoisotopic (exact) mass is 453 g/mol. The molecular weight excluding hydrogens is 431 g/mol. The van der Waals surface area contributed by atoms with Crippen LogP contribution in [0.25, 0.3) is 5.69 Å². The second-order valence-corrected chi connectivity index (χ2v) is 11.2. The van der Waals surface area contributed by atoms with E-state index in [9.17, 15) is 18.0 Å². The summed E-state index contributed by atoms with van der Waals surface area (Å²) in [7, 11) is 0. The smallest absolute Gasteiger partial charge is 0.324 e. The third-order valence-electron chi connectivity index (χ3n) is 6.58. The van der Waals surface area contributed by atoms with Crippen LogP contribution in [0.1, 0.15) is 31.2 Å². The van der Waals surface area contributed by atoms with Gasteiger partial charge in [-0.15, -0.1) is 23.5 Å². The number of carbonyl (C=O) groups is 1. The van der Waals surface area contributed by atoms with E-state index in [1.165, 1.54) is 22.3 Å². The van der Waals surface area contributed by atoms with Gasteiger partial charge in [-0.3, -0.25) is 4.79 Å². The molecule has 4 nitrogen and oxygen atoms in total. The van der Waals surface area contributed by atoms with Crippen molar-refractivity contribution in [1.29, 1.82) is 0 Å². The van der Waals surface area contributed by atoms with E-state index in [-0.39, 0.29) is 21.6 Å². The average molecular weight is 454 g/mol. The van der Waals surface area contributed by atoms with Gasteiger partial charge >= 0.3 is 6.18 Å². The van der Waals surface area contributed by atoms with E-state index in [1.807, 2.05) is 0 Å². The van der Waals surface area contributed by atoms with Crippen LogP contribution in [0.15, 0.2) is 36.7 Å². The Morgan fingerprint density at radius 2 is 1.87 bits per heavy atom. The number of hydrogen-bond donors (Lipinski definition) is 1. The van der Waals surface area contributed by atoms with Crippen LogP contribution in [0.2, 0.25) is 0 Å². The summed E-state index contributed by atoms with van der Waals surface area (Å²) in [5.41, 5.74) is -0.204. The Labute approximate surface area is 181 Å². The quantitative estimate of drug-likeness (QED) is 0.672. The van der Waals surface area contributed by atoms with E-state index in [0.29, 0.717) is 17.5 Å². The molecule has 1 spiro atoms. The molecule has 2 aromatic rings. The number of aromatic nitrogens is 2. The molecule has 3 fully saturated rings. The molecule has 0 radical (unpaired) electrons. The van der Waals surface area contributed by atoms with E-state index in [4.69, 9.17) is 0 Å². The predicted octanol–water partition coefficient (Wildman–Crippen LogP) is 5.44. The summed E-state index contributed by atoms with van der Waals surface area (Å²) in [6.45, 7) is 0. The lowest BCUT2D eigenvalue weighted by atomic mass is 9.79. The summed E-state index contributed by atoms with van der Waals surface area (Å²) >= 11 is 4.12. The minimum atomic E-state index is -4.48. The Morgan fingerprint density at radius 3 is 2.47 bits per heavy atom. The molecule has 9 heteroatoms. The highest BCUT2D eigenvalue weighted by Gasteiger charge is 2.57. The molecule has 2 bridgehead atoms. The molecule has 1 aromatic carbocycles. The first-order chi connectivity index (χ1) is 14.4. The van der Waals surface area contributed by atoms with Gasteiger partial charge in [-0.1, -0.05) is 0 Å². The fourth-order valence-corrected chi connectivity index (χ4v) is 9.21. The van der Waals surface area contributed by atoms with Crippen molar-refractivity contribution in [3.05, 3.63) is 42.2 Å². The number of nitrogens with one attached hydrogen (secondary N) is 1. The fourth-order valence-electron chi connectivity index (χ4n) is 5.27. The maximum atomic E-state index is 13.3. The van der Waals surface area contributed by atoms with Gasteiger partial charge in [0, 0.05) is 29.8 Å². The molecule has 2 atom stereocenters. The van der Waals surface area contributed by atoms with Crippen molar-refractivity contribution in [1.82, 2.24) is 9.78 Å². The molecule has 1 saturated heterocycles. The number of thioether (sulfide) groups is 2. The molecular formula is C21H22F3N3OS2. The topological polar surface area (TPSA) is 46.9 Å². The van der Waals surface area contributed by atoms with E-state index in [2.05, 4.69) is 33.9 Å². The zero-order chi connectivity index (χ0) is 20.9. The van der Waals surface area contributed by atoms with E-state index >= 15 is 0 Å². The van der Waals surface area contributed by atoms with Gasteiger partial charge in [-0.25, -0.2) is 4.68 Å². The Balaban J connectivity index is 1.39. The number of carbonyl (C=O) groups excluding carboxylic acids is 1. The number of halogens is 3. The Bertz CT molecular complexity index is 925. The SMILES string of the molecule is O=C(Nc1cc(C(F)(F)F)ccc1-n1cccn1)C1CC2CCC(C1)C21SCCS1. The summed E-state index contributed by atoms with van der Waals surface area (Å²) in [6, 6.07) is 5.08. The van der Waals surface area contributed by atoms with Crippen LogP contribution in [0.5, 0.6) is 0 Å². The maximum absolute atomic E-state index is 13.3. The second-order valence-electron chi connectivity index (χ2n) is 8.23. The Morgan fingerprint density at radius 1 is 1.17 bits per heavy atom. The van der Waals surface area contributed by atoms with Gasteiger partial charge in [-0.05, 0) is 61.8 Å². The highest BCUT2D eigenvalue weighted by Crippen LogP contribution is 2.65. The van der Waals surface area contributed by atoms with Crippen LogP contribution in [0, 0.1) is 17.8 Å². The lowest BCUT2D eigenvalue weighted by molar-refractivity contribution is -0.137. The number of anilines is 1. The van der Waals surface area contributed by atoms with Crippen molar-refractivity contribution in [3.8, 4) is 5.69 Å². The molecule has 2 saturated carbocycles. The number of benzene rings is 1. The van der Waals surface area contributed by atoms with E-state index in [1.54, 1.807) is 18.5 Å². The van der Waals surface area contributed by atoms with Crippen molar-refractivity contribution in [2.24, 2.45) is 17.8 Å². The van der Waals surface area contributed by atoms with Crippen molar-refractivity contribution in [2.75, 3.05) is 16.8 Å². The first kappa shape index (κ1) is 20.3. The fraction of sp³-hybridized carbons (Fsp3) is 0.524. The lowest BCUT2D eigenvalue weighted by Crippen LogP contribution is -2.41. The molecule has 2 unspecified atom stereocenters. The van der Waals surface area contributed by atoms with Crippen LogP contribution < -0.4 is 5.32 Å². The largest absolute Gasteiger partial charge is 0.416 e. The van der Waals surface area contributed by atoms with E-state index in [0.717, 1.165) is 37.8 Å². The lowest BCUT2D eigenvalue weighted by Gasteiger charge is -2.42. The van der Waals surface area contributed by atoms with Gasteiger partial charge in [-0.2, -0.15) is 18.3 Å². The van der Waals surface area contributed by atoms with Gasteiger partial charge in [0.1, 0.15) is 0 Å². The molecule has 1 amide bonds. The summed E-state index contributed by atoms with van der Waals surface area (Å²) in [5.74, 6) is 3.03. The van der Waals surface area contributed by atoms with Crippen LogP contribution >= 0.6 is 23.5 Å². The zero-order valence-corrected chi connectivity index (χ0v) is 17.8. The molecule has 5 rings (SSSR count). The van der Waals surface area contributed by atoms with Gasteiger partial charge in [0.05, 0.1) is 21.0 Å². The predicted molar refractivity (Wildman–Crippen MR) is 114 cm³/mol. The number of alkyl halides is 3. The molecule has 1 aliphatic heterocycles. The number of hydrogen-bond acceptors (Lipinski definition) is 4. The van der Waals surface area contributed by atoms with Gasteiger partial charge in [0.25, 0.3) is 0 Å². The first-order valence-electron chi connectivity index (χ1n) is 10.2. The molecule has 2 heterocycles. The van der Waals surface area contributed by atoms with Crippen molar-refractivity contribution in [2.45, 2.75) is 35.9 Å². The van der Waals surface area contributed by atoms with E-state index < -0.39 is 11.7 Å². The molecule has 30 heavy (non-hydrogen) atoms. The number of amides is 1. The van der Waals surface area contributed by atoms with Crippen molar-refractivity contribution >= 4 is 35.1 Å². The molecule has 1 aromatic heterocycles. The average Bonchev–Trinajstić information content (AvgIpc) is 3.43. The summed E-state index contributed by atoms with van der Waals surface area (Å²) in [6.07, 6.45) is 2.66. The highest BCUT2D eigenvalue weighted by atomic mass is 32.2. The summed E-state index contributed by atoms with van der Waals surface area (Å²) < 4.78 is 41.6. The maximum Gasteiger partial charge on any atom is 0.416 e. The molecule has 2 aliphatic carbocycles. The molecule has 3 aliphatic rings. The first-order valence-corrected chi connectivity index (χ1v) is 12.1. The third-order valence-corrected chi connectivity index (χ3v) is 10.6. The van der Waals surface area contributed by atoms with Crippen LogP contribution in [-0.4, -0.2) is 31.3 Å². The Hall–Kier alpha value is -1.61. The second kappa shape index (κ2) is 7.51.